The van der Waals surface area contributed by atoms with Crippen molar-refractivity contribution in [1.82, 2.24) is 4.90 Å². The molecule has 1 aliphatic heterocycles. The van der Waals surface area contributed by atoms with E-state index in [4.69, 9.17) is 0 Å². The monoisotopic (exact) mass is 365 g/mol. The lowest BCUT2D eigenvalue weighted by molar-refractivity contribution is -0.116. The summed E-state index contributed by atoms with van der Waals surface area (Å²) < 4.78 is 0. The van der Waals surface area contributed by atoms with Gasteiger partial charge in [0.2, 0.25) is 5.91 Å². The van der Waals surface area contributed by atoms with E-state index in [1.165, 1.54) is 11.3 Å². The number of para-hydroxylation sites is 1. The number of nitrogens with one attached hydrogen (secondary N) is 1. The zero-order chi connectivity index (χ0) is 19.3. The normalized spacial score (nSPS) is 15.6. The molecule has 144 valence electrons. The Kier molecular flexibility index (Phi) is 6.17. The SMILES string of the molecule is CC(C)(C)c1ccc(NC(=O)CCN2CCN(c3ccccc3)CC2)cc1. The van der Waals surface area contributed by atoms with Crippen molar-refractivity contribution in [1.29, 1.82) is 0 Å². The van der Waals surface area contributed by atoms with Gasteiger partial charge in [0, 0.05) is 50.5 Å². The Morgan fingerprint density at radius 1 is 0.926 bits per heavy atom. The van der Waals surface area contributed by atoms with E-state index in [2.05, 4.69) is 78.4 Å². The van der Waals surface area contributed by atoms with Gasteiger partial charge < -0.3 is 10.2 Å². The van der Waals surface area contributed by atoms with Gasteiger partial charge in [-0.1, -0.05) is 51.1 Å². The highest BCUT2D eigenvalue weighted by atomic mass is 16.1. The van der Waals surface area contributed by atoms with Crippen molar-refractivity contribution >= 4 is 17.3 Å². The van der Waals surface area contributed by atoms with Crippen LogP contribution in [0.3, 0.4) is 0 Å². The van der Waals surface area contributed by atoms with Gasteiger partial charge in [-0.3, -0.25) is 9.69 Å². The van der Waals surface area contributed by atoms with E-state index < -0.39 is 0 Å². The van der Waals surface area contributed by atoms with E-state index in [-0.39, 0.29) is 11.3 Å². The molecule has 0 unspecified atom stereocenters. The van der Waals surface area contributed by atoms with Crippen molar-refractivity contribution in [2.45, 2.75) is 32.6 Å². The largest absolute Gasteiger partial charge is 0.369 e. The van der Waals surface area contributed by atoms with Crippen LogP contribution in [0.15, 0.2) is 54.6 Å². The second-order valence-electron chi connectivity index (χ2n) is 8.29. The molecule has 2 aromatic carbocycles. The second kappa shape index (κ2) is 8.57. The van der Waals surface area contributed by atoms with E-state index in [0.717, 1.165) is 38.4 Å². The molecule has 1 amide bonds. The Labute approximate surface area is 163 Å². The number of carbonyl (C=O) groups is 1. The summed E-state index contributed by atoms with van der Waals surface area (Å²) in [7, 11) is 0. The highest BCUT2D eigenvalue weighted by Crippen LogP contribution is 2.23. The van der Waals surface area contributed by atoms with E-state index in [1.54, 1.807) is 0 Å². The maximum atomic E-state index is 12.3. The first kappa shape index (κ1) is 19.4. The van der Waals surface area contributed by atoms with Crippen LogP contribution in [0.5, 0.6) is 0 Å². The molecule has 0 bridgehead atoms. The van der Waals surface area contributed by atoms with Crippen molar-refractivity contribution in [3.8, 4) is 0 Å². The molecule has 1 heterocycles. The van der Waals surface area contributed by atoms with Gasteiger partial charge in [0.25, 0.3) is 0 Å². The Bertz CT molecular complexity index is 726. The van der Waals surface area contributed by atoms with Gasteiger partial charge in [-0.05, 0) is 35.2 Å². The summed E-state index contributed by atoms with van der Waals surface area (Å²) in [6.07, 6.45) is 0.534. The minimum absolute atomic E-state index is 0.0870. The summed E-state index contributed by atoms with van der Waals surface area (Å²) >= 11 is 0. The third-order valence-corrected chi connectivity index (χ3v) is 5.18. The molecule has 2 aromatic rings. The molecule has 0 saturated carbocycles. The highest BCUT2D eigenvalue weighted by molar-refractivity contribution is 5.90. The van der Waals surface area contributed by atoms with Crippen molar-refractivity contribution in [2.24, 2.45) is 0 Å². The topological polar surface area (TPSA) is 35.6 Å². The van der Waals surface area contributed by atoms with Gasteiger partial charge in [-0.15, -0.1) is 0 Å². The summed E-state index contributed by atoms with van der Waals surface area (Å²) in [5.74, 6) is 0.0870. The summed E-state index contributed by atoms with van der Waals surface area (Å²) in [6.45, 7) is 11.4. The van der Waals surface area contributed by atoms with Crippen molar-refractivity contribution in [3.05, 3.63) is 60.2 Å². The average Bonchev–Trinajstić information content (AvgIpc) is 2.67. The molecule has 1 fully saturated rings. The summed E-state index contributed by atoms with van der Waals surface area (Å²) in [5.41, 5.74) is 3.57. The van der Waals surface area contributed by atoms with Gasteiger partial charge >= 0.3 is 0 Å². The standard InChI is InChI=1S/C23H31N3O/c1-23(2,3)19-9-11-20(12-10-19)24-22(27)13-14-25-15-17-26(18-16-25)21-7-5-4-6-8-21/h4-12H,13-18H2,1-3H3,(H,24,27). The van der Waals surface area contributed by atoms with E-state index in [1.807, 2.05) is 12.1 Å². The Morgan fingerprint density at radius 2 is 1.56 bits per heavy atom. The van der Waals surface area contributed by atoms with Crippen LogP contribution in [0.1, 0.15) is 32.8 Å². The van der Waals surface area contributed by atoms with Crippen LogP contribution in [0.4, 0.5) is 11.4 Å². The molecule has 0 atom stereocenters. The number of anilines is 2. The molecular weight excluding hydrogens is 334 g/mol. The van der Waals surface area contributed by atoms with Crippen LogP contribution in [0.25, 0.3) is 0 Å². The zero-order valence-corrected chi connectivity index (χ0v) is 16.7. The molecule has 0 aromatic heterocycles. The maximum absolute atomic E-state index is 12.3. The van der Waals surface area contributed by atoms with Crippen LogP contribution >= 0.6 is 0 Å². The van der Waals surface area contributed by atoms with Crippen LogP contribution in [0, 0.1) is 0 Å². The van der Waals surface area contributed by atoms with Crippen LogP contribution in [-0.4, -0.2) is 43.5 Å². The predicted molar refractivity (Wildman–Crippen MR) is 113 cm³/mol. The van der Waals surface area contributed by atoms with Crippen LogP contribution < -0.4 is 10.2 Å². The van der Waals surface area contributed by atoms with E-state index in [9.17, 15) is 4.79 Å². The van der Waals surface area contributed by atoms with Crippen molar-refractivity contribution in [3.63, 3.8) is 0 Å². The fourth-order valence-corrected chi connectivity index (χ4v) is 3.41. The first-order valence-electron chi connectivity index (χ1n) is 9.84. The van der Waals surface area contributed by atoms with E-state index in [0.29, 0.717) is 6.42 Å². The van der Waals surface area contributed by atoms with Crippen molar-refractivity contribution < 1.29 is 4.79 Å². The Balaban J connectivity index is 1.41. The van der Waals surface area contributed by atoms with Crippen LogP contribution in [0.2, 0.25) is 0 Å². The molecule has 4 nitrogen and oxygen atoms in total. The summed E-state index contributed by atoms with van der Waals surface area (Å²) in [5, 5.41) is 3.02. The summed E-state index contributed by atoms with van der Waals surface area (Å²) in [4.78, 5) is 17.1. The minimum atomic E-state index is 0.0870. The first-order valence-corrected chi connectivity index (χ1v) is 9.84. The predicted octanol–water partition coefficient (Wildman–Crippen LogP) is 4.13. The highest BCUT2D eigenvalue weighted by Gasteiger charge is 2.18. The fraction of sp³-hybridized carbons (Fsp3) is 0.435. The number of hydrogen-bond acceptors (Lipinski definition) is 3. The molecule has 0 spiro atoms. The minimum Gasteiger partial charge on any atom is -0.369 e. The van der Waals surface area contributed by atoms with Crippen LogP contribution in [-0.2, 0) is 10.2 Å². The molecule has 0 aliphatic carbocycles. The molecule has 27 heavy (non-hydrogen) atoms. The average molecular weight is 366 g/mol. The number of nitrogens with zero attached hydrogens (tertiary/aromatic N) is 2. The molecule has 4 heteroatoms. The smallest absolute Gasteiger partial charge is 0.225 e. The number of rotatable bonds is 5. The number of amides is 1. The van der Waals surface area contributed by atoms with Crippen molar-refractivity contribution in [2.75, 3.05) is 42.9 Å². The molecule has 1 saturated heterocycles. The summed E-state index contributed by atoms with van der Waals surface area (Å²) in [6, 6.07) is 18.7. The maximum Gasteiger partial charge on any atom is 0.225 e. The zero-order valence-electron chi connectivity index (χ0n) is 16.7. The fourth-order valence-electron chi connectivity index (χ4n) is 3.41. The number of carbonyl (C=O) groups excluding carboxylic acids is 1. The molecule has 1 aliphatic rings. The van der Waals surface area contributed by atoms with Gasteiger partial charge in [0.1, 0.15) is 0 Å². The lowest BCUT2D eigenvalue weighted by atomic mass is 9.87. The first-order chi connectivity index (χ1) is 12.9. The molecule has 1 N–H and O–H groups in total. The van der Waals surface area contributed by atoms with Gasteiger partial charge in [-0.2, -0.15) is 0 Å². The van der Waals surface area contributed by atoms with Gasteiger partial charge in [-0.25, -0.2) is 0 Å². The number of piperazine rings is 1. The Hall–Kier alpha value is -2.33. The molecule has 3 rings (SSSR count). The second-order valence-corrected chi connectivity index (χ2v) is 8.29. The third-order valence-electron chi connectivity index (χ3n) is 5.18. The number of benzene rings is 2. The van der Waals surface area contributed by atoms with E-state index >= 15 is 0 Å². The lowest BCUT2D eigenvalue weighted by Gasteiger charge is -2.36. The quantitative estimate of drug-likeness (QED) is 0.865. The van der Waals surface area contributed by atoms with Gasteiger partial charge in [0.05, 0.1) is 0 Å². The third kappa shape index (κ3) is 5.57. The molecular formula is C23H31N3O. The Morgan fingerprint density at radius 3 is 2.15 bits per heavy atom. The van der Waals surface area contributed by atoms with Gasteiger partial charge in [0.15, 0.2) is 0 Å². The number of hydrogen-bond donors (Lipinski definition) is 1. The molecule has 0 radical (unpaired) electrons. The lowest BCUT2D eigenvalue weighted by Crippen LogP contribution is -2.47.